The topological polar surface area (TPSA) is 27.1 Å². The largest absolute Gasteiger partial charge is 0.457 e. The Morgan fingerprint density at radius 1 is 0.833 bits per heavy atom. The third-order valence-electron chi connectivity index (χ3n) is 4.45. The van der Waals surface area contributed by atoms with Crippen LogP contribution in [0.2, 0.25) is 0 Å². The van der Waals surface area contributed by atoms with Crippen LogP contribution in [0.4, 0.5) is 13.2 Å². The first-order valence-corrected chi connectivity index (χ1v) is 10.3. The van der Waals surface area contributed by atoms with E-state index in [0.29, 0.717) is 28.4 Å². The maximum atomic E-state index is 13.3. The van der Waals surface area contributed by atoms with Gasteiger partial charge in [-0.1, -0.05) is 30.3 Å². The van der Waals surface area contributed by atoms with Crippen molar-refractivity contribution in [2.75, 3.05) is 6.26 Å². The number of benzene rings is 3. The molecule has 0 saturated carbocycles. The zero-order valence-electron chi connectivity index (χ0n) is 15.9. The lowest BCUT2D eigenvalue weighted by Gasteiger charge is -2.10. The molecule has 0 unspecified atom stereocenters. The van der Waals surface area contributed by atoms with Gasteiger partial charge in [-0.05, 0) is 60.9 Å². The van der Waals surface area contributed by atoms with Crippen LogP contribution in [0, 0.1) is 0 Å². The molecule has 0 N–H and O–H groups in total. The number of rotatable bonds is 5. The highest BCUT2D eigenvalue weighted by molar-refractivity contribution is 7.98. The fourth-order valence-electron chi connectivity index (χ4n) is 2.96. The van der Waals surface area contributed by atoms with Crippen LogP contribution in [0.5, 0.6) is 11.5 Å². The van der Waals surface area contributed by atoms with E-state index >= 15 is 0 Å². The van der Waals surface area contributed by atoms with Crippen LogP contribution < -0.4 is 4.74 Å². The summed E-state index contributed by atoms with van der Waals surface area (Å²) in [5.74, 6) is 1.26. The average molecular weight is 426 g/mol. The van der Waals surface area contributed by atoms with Crippen molar-refractivity contribution in [1.82, 2.24) is 9.78 Å². The van der Waals surface area contributed by atoms with Crippen LogP contribution >= 0.6 is 11.8 Å². The Hall–Kier alpha value is -3.19. The molecular formula is C23H17F3N2OS. The van der Waals surface area contributed by atoms with E-state index in [4.69, 9.17) is 4.74 Å². The van der Waals surface area contributed by atoms with Crippen LogP contribution in [0.15, 0.2) is 89.8 Å². The number of hydrogen-bond acceptors (Lipinski definition) is 3. The van der Waals surface area contributed by atoms with Gasteiger partial charge in [-0.25, -0.2) is 4.68 Å². The summed E-state index contributed by atoms with van der Waals surface area (Å²) in [6.07, 6.45) is -2.59. The number of nitrogens with zero attached hydrogens (tertiary/aromatic N) is 2. The average Bonchev–Trinajstić information content (AvgIpc) is 3.21. The highest BCUT2D eigenvalue weighted by Gasteiger charge is 2.35. The molecule has 4 aromatic rings. The molecular weight excluding hydrogens is 409 g/mol. The van der Waals surface area contributed by atoms with Crippen molar-refractivity contribution in [1.29, 1.82) is 0 Å². The van der Waals surface area contributed by atoms with E-state index in [2.05, 4.69) is 5.10 Å². The summed E-state index contributed by atoms with van der Waals surface area (Å²) in [6, 6.07) is 24.5. The number of thioether (sulfide) groups is 1. The van der Waals surface area contributed by atoms with Crippen molar-refractivity contribution in [2.24, 2.45) is 0 Å². The summed E-state index contributed by atoms with van der Waals surface area (Å²) in [6.45, 7) is 0. The predicted octanol–water partition coefficient (Wildman–Crippen LogP) is 7.07. The minimum absolute atomic E-state index is 0.367. The zero-order chi connectivity index (χ0) is 21.1. The molecule has 4 rings (SSSR count). The molecule has 1 heterocycles. The van der Waals surface area contributed by atoms with Crippen molar-refractivity contribution in [3.05, 3.63) is 90.6 Å². The summed E-state index contributed by atoms with van der Waals surface area (Å²) < 4.78 is 47.1. The second kappa shape index (κ2) is 8.28. The van der Waals surface area contributed by atoms with Crippen LogP contribution in [0.3, 0.4) is 0 Å². The van der Waals surface area contributed by atoms with E-state index in [1.54, 1.807) is 48.2 Å². The number of alkyl halides is 3. The third kappa shape index (κ3) is 4.36. The van der Waals surface area contributed by atoms with Gasteiger partial charge < -0.3 is 4.74 Å². The fraction of sp³-hybridized carbons (Fsp3) is 0.0870. The summed E-state index contributed by atoms with van der Waals surface area (Å²) in [4.78, 5) is 1.03. The van der Waals surface area contributed by atoms with Crippen molar-refractivity contribution < 1.29 is 17.9 Å². The Morgan fingerprint density at radius 2 is 1.47 bits per heavy atom. The van der Waals surface area contributed by atoms with E-state index in [9.17, 15) is 13.2 Å². The van der Waals surface area contributed by atoms with Crippen molar-refractivity contribution in [3.63, 3.8) is 0 Å². The normalized spacial score (nSPS) is 11.5. The fourth-order valence-corrected chi connectivity index (χ4v) is 3.37. The maximum absolute atomic E-state index is 13.3. The van der Waals surface area contributed by atoms with Gasteiger partial charge in [0.05, 0.1) is 11.4 Å². The standard InChI is InChI=1S/C23H17F3N2OS/c1-30-20-13-7-16(8-14-20)21-15-22(23(24,25)26)27-28(21)17-9-11-19(12-10-17)29-18-5-3-2-4-6-18/h2-15H,1H3. The van der Waals surface area contributed by atoms with Crippen molar-refractivity contribution >= 4 is 11.8 Å². The zero-order valence-corrected chi connectivity index (χ0v) is 16.7. The van der Waals surface area contributed by atoms with E-state index < -0.39 is 11.9 Å². The molecule has 0 spiro atoms. The second-order valence-corrected chi connectivity index (χ2v) is 7.34. The molecule has 3 nitrogen and oxygen atoms in total. The Morgan fingerprint density at radius 3 is 2.07 bits per heavy atom. The minimum Gasteiger partial charge on any atom is -0.457 e. The molecule has 0 aliphatic rings. The molecule has 1 aromatic heterocycles. The second-order valence-electron chi connectivity index (χ2n) is 6.46. The molecule has 30 heavy (non-hydrogen) atoms. The van der Waals surface area contributed by atoms with Gasteiger partial charge in [-0.2, -0.15) is 18.3 Å². The minimum atomic E-state index is -4.53. The summed E-state index contributed by atoms with van der Waals surface area (Å²) in [5.41, 5.74) is 0.595. The number of halogens is 3. The number of hydrogen-bond donors (Lipinski definition) is 0. The van der Waals surface area contributed by atoms with Gasteiger partial charge in [-0.3, -0.25) is 0 Å². The molecule has 0 aliphatic heterocycles. The SMILES string of the molecule is CSc1ccc(-c2cc(C(F)(F)F)nn2-c2ccc(Oc3ccccc3)cc2)cc1. The quantitative estimate of drug-likeness (QED) is 0.319. The lowest BCUT2D eigenvalue weighted by molar-refractivity contribution is -0.141. The predicted molar refractivity (Wildman–Crippen MR) is 112 cm³/mol. The Kier molecular flexibility index (Phi) is 5.55. The van der Waals surface area contributed by atoms with Crippen LogP contribution in [-0.2, 0) is 6.18 Å². The van der Waals surface area contributed by atoms with E-state index in [1.165, 1.54) is 4.68 Å². The first-order chi connectivity index (χ1) is 14.4. The van der Waals surface area contributed by atoms with Gasteiger partial charge >= 0.3 is 6.18 Å². The lowest BCUT2D eigenvalue weighted by atomic mass is 10.1. The Balaban J connectivity index is 1.70. The van der Waals surface area contributed by atoms with Gasteiger partial charge in [0.25, 0.3) is 0 Å². The third-order valence-corrected chi connectivity index (χ3v) is 5.19. The van der Waals surface area contributed by atoms with E-state index in [1.807, 2.05) is 48.7 Å². The smallest absolute Gasteiger partial charge is 0.435 e. The van der Waals surface area contributed by atoms with E-state index in [0.717, 1.165) is 11.0 Å². The molecule has 0 amide bonds. The monoisotopic (exact) mass is 426 g/mol. The van der Waals surface area contributed by atoms with Crippen molar-refractivity contribution in [3.8, 4) is 28.4 Å². The van der Waals surface area contributed by atoms with Gasteiger partial charge in [0.15, 0.2) is 5.69 Å². The summed E-state index contributed by atoms with van der Waals surface area (Å²) in [5, 5.41) is 3.83. The Bertz CT molecular complexity index is 1120. The molecule has 3 aromatic carbocycles. The number of ether oxygens (including phenoxy) is 1. The van der Waals surface area contributed by atoms with E-state index in [-0.39, 0.29) is 0 Å². The molecule has 0 atom stereocenters. The van der Waals surface area contributed by atoms with Crippen LogP contribution in [-0.4, -0.2) is 16.0 Å². The maximum Gasteiger partial charge on any atom is 0.435 e. The molecule has 152 valence electrons. The summed E-state index contributed by atoms with van der Waals surface area (Å²) in [7, 11) is 0. The molecule has 0 fully saturated rings. The highest BCUT2D eigenvalue weighted by atomic mass is 32.2. The van der Waals surface area contributed by atoms with Gasteiger partial charge in [0, 0.05) is 10.5 Å². The molecule has 0 radical (unpaired) electrons. The first-order valence-electron chi connectivity index (χ1n) is 9.09. The van der Waals surface area contributed by atoms with Gasteiger partial charge in [0.1, 0.15) is 11.5 Å². The van der Waals surface area contributed by atoms with Crippen LogP contribution in [0.1, 0.15) is 5.69 Å². The molecule has 7 heteroatoms. The summed E-state index contributed by atoms with van der Waals surface area (Å²) >= 11 is 1.57. The van der Waals surface area contributed by atoms with Crippen LogP contribution in [0.25, 0.3) is 16.9 Å². The number of aromatic nitrogens is 2. The highest BCUT2D eigenvalue weighted by Crippen LogP contribution is 2.34. The molecule has 0 bridgehead atoms. The first kappa shape index (κ1) is 20.1. The lowest BCUT2D eigenvalue weighted by Crippen LogP contribution is -2.07. The number of para-hydroxylation sites is 1. The van der Waals surface area contributed by atoms with Gasteiger partial charge in [-0.15, -0.1) is 11.8 Å². The Labute approximate surface area is 176 Å². The van der Waals surface area contributed by atoms with Crippen molar-refractivity contribution in [2.45, 2.75) is 11.1 Å². The molecule has 0 saturated heterocycles. The molecule has 0 aliphatic carbocycles. The van der Waals surface area contributed by atoms with Gasteiger partial charge in [0.2, 0.25) is 0 Å².